The van der Waals surface area contributed by atoms with Crippen molar-refractivity contribution in [3.8, 4) is 22.9 Å². The van der Waals surface area contributed by atoms with E-state index in [0.29, 0.717) is 11.5 Å². The third-order valence-electron chi connectivity index (χ3n) is 3.89. The molecule has 0 bridgehead atoms. The lowest BCUT2D eigenvalue weighted by atomic mass is 10.1. The Labute approximate surface area is 151 Å². The first kappa shape index (κ1) is 16.3. The number of nitrogens with one attached hydrogen (secondary N) is 1. The van der Waals surface area contributed by atoms with Crippen LogP contribution in [0.2, 0.25) is 0 Å². The van der Waals surface area contributed by atoms with E-state index in [9.17, 15) is 0 Å². The normalized spacial score (nSPS) is 11.0. The molecule has 0 radical (unpaired) electrons. The van der Waals surface area contributed by atoms with Crippen LogP contribution in [0.1, 0.15) is 11.1 Å². The predicted octanol–water partition coefficient (Wildman–Crippen LogP) is 5.39. The van der Waals surface area contributed by atoms with Crippen molar-refractivity contribution >= 4 is 42.9 Å². The zero-order valence-corrected chi connectivity index (χ0v) is 16.4. The Morgan fingerprint density at radius 2 is 1.61 bits per heavy atom. The average Bonchev–Trinajstić information content (AvgIpc) is 2.90. The molecule has 1 N–H and O–H groups in total. The zero-order chi connectivity index (χ0) is 16.7. The van der Waals surface area contributed by atoms with Crippen molar-refractivity contribution in [3.63, 3.8) is 0 Å². The van der Waals surface area contributed by atoms with Gasteiger partial charge in [0.25, 0.3) is 0 Å². The minimum Gasteiger partial charge on any atom is -0.495 e. The van der Waals surface area contributed by atoms with Gasteiger partial charge in [-0.15, -0.1) is 0 Å². The van der Waals surface area contributed by atoms with Crippen LogP contribution in [0.15, 0.2) is 27.1 Å². The number of nitrogens with zero attached hydrogens (tertiary/aromatic N) is 1. The first-order chi connectivity index (χ1) is 11.0. The molecule has 1 heterocycles. The van der Waals surface area contributed by atoms with E-state index in [1.165, 1.54) is 11.1 Å². The number of H-pyrrole nitrogens is 1. The summed E-state index contributed by atoms with van der Waals surface area (Å²) in [6.07, 6.45) is 0. The summed E-state index contributed by atoms with van der Waals surface area (Å²) in [5.41, 5.74) is 5.26. The van der Waals surface area contributed by atoms with Gasteiger partial charge in [0.1, 0.15) is 16.0 Å². The minimum atomic E-state index is 0.678. The molecule has 2 aromatic carbocycles. The molecule has 0 fully saturated rings. The lowest BCUT2D eigenvalue weighted by Crippen LogP contribution is -1.95. The molecule has 0 saturated carbocycles. The van der Waals surface area contributed by atoms with Gasteiger partial charge in [0.05, 0.1) is 35.3 Å². The number of aromatic nitrogens is 2. The smallest absolute Gasteiger partial charge is 0.151 e. The van der Waals surface area contributed by atoms with Crippen molar-refractivity contribution < 1.29 is 9.47 Å². The fourth-order valence-corrected chi connectivity index (χ4v) is 4.15. The third-order valence-corrected chi connectivity index (χ3v) is 5.20. The maximum atomic E-state index is 5.56. The van der Waals surface area contributed by atoms with E-state index in [1.54, 1.807) is 14.2 Å². The number of halogens is 2. The van der Waals surface area contributed by atoms with Crippen molar-refractivity contribution in [3.05, 3.63) is 38.3 Å². The first-order valence-electron chi connectivity index (χ1n) is 7.03. The number of fused-ring (bicyclic) bond motifs is 1. The number of hydrogen-bond acceptors (Lipinski definition) is 3. The molecule has 0 unspecified atom stereocenters. The molecule has 23 heavy (non-hydrogen) atoms. The highest BCUT2D eigenvalue weighted by Gasteiger charge is 2.20. The molecule has 0 spiro atoms. The van der Waals surface area contributed by atoms with Gasteiger partial charge in [-0.3, -0.25) is 0 Å². The molecule has 0 aliphatic rings. The quantitative estimate of drug-likeness (QED) is 0.595. The second-order valence-corrected chi connectivity index (χ2v) is 6.97. The Bertz CT molecular complexity index is 864. The number of aryl methyl sites for hydroxylation is 2. The fraction of sp³-hybridized carbons (Fsp3) is 0.235. The molecule has 6 heteroatoms. The molecule has 120 valence electrons. The van der Waals surface area contributed by atoms with Crippen LogP contribution in [0.25, 0.3) is 22.4 Å². The highest BCUT2D eigenvalue weighted by molar-refractivity contribution is 9.11. The summed E-state index contributed by atoms with van der Waals surface area (Å²) in [4.78, 5) is 8.09. The Morgan fingerprint density at radius 3 is 2.26 bits per heavy atom. The summed E-state index contributed by atoms with van der Waals surface area (Å²) in [6, 6.07) is 6.14. The Kier molecular flexibility index (Phi) is 4.38. The number of rotatable bonds is 3. The molecule has 0 atom stereocenters. The summed E-state index contributed by atoms with van der Waals surface area (Å²) < 4.78 is 12.5. The van der Waals surface area contributed by atoms with Crippen LogP contribution in [0.5, 0.6) is 11.5 Å². The number of methoxy groups -OCH3 is 2. The van der Waals surface area contributed by atoms with Crippen LogP contribution in [-0.4, -0.2) is 24.2 Å². The van der Waals surface area contributed by atoms with Crippen LogP contribution >= 0.6 is 31.9 Å². The molecule has 4 nitrogen and oxygen atoms in total. The van der Waals surface area contributed by atoms with Gasteiger partial charge in [-0.2, -0.15) is 0 Å². The second kappa shape index (κ2) is 6.17. The molecule has 0 saturated heterocycles. The third kappa shape index (κ3) is 2.74. The van der Waals surface area contributed by atoms with Crippen LogP contribution in [-0.2, 0) is 0 Å². The monoisotopic (exact) mass is 438 g/mol. The molecular weight excluding hydrogens is 424 g/mol. The van der Waals surface area contributed by atoms with Crippen LogP contribution < -0.4 is 9.47 Å². The lowest BCUT2D eigenvalue weighted by Gasteiger charge is -2.13. The van der Waals surface area contributed by atoms with Crippen molar-refractivity contribution in [2.45, 2.75) is 13.8 Å². The van der Waals surface area contributed by atoms with E-state index < -0.39 is 0 Å². The Hall–Kier alpha value is -1.53. The van der Waals surface area contributed by atoms with Crippen molar-refractivity contribution in [2.75, 3.05) is 14.2 Å². The summed E-state index contributed by atoms with van der Waals surface area (Å²) >= 11 is 7.08. The van der Waals surface area contributed by atoms with E-state index in [2.05, 4.69) is 62.8 Å². The van der Waals surface area contributed by atoms with Gasteiger partial charge in [-0.25, -0.2) is 4.98 Å². The maximum absolute atomic E-state index is 5.56. The first-order valence-corrected chi connectivity index (χ1v) is 8.62. The van der Waals surface area contributed by atoms with Crippen molar-refractivity contribution in [2.24, 2.45) is 0 Å². The molecule has 3 aromatic rings. The molecule has 3 rings (SSSR count). The van der Waals surface area contributed by atoms with E-state index in [-0.39, 0.29) is 0 Å². The standard InChI is InChI=1S/C17H16Br2N2O2/c1-8-5-12-13(6-9(8)2)21-17(20-12)10-7-11(18)16(23-4)14(19)15(10)22-3/h5-7H,1-4H3,(H,20,21). The van der Waals surface area contributed by atoms with Gasteiger partial charge in [-0.1, -0.05) is 0 Å². The number of hydrogen-bond donors (Lipinski definition) is 1. The van der Waals surface area contributed by atoms with Gasteiger partial charge in [0.15, 0.2) is 5.75 Å². The summed E-state index contributed by atoms with van der Waals surface area (Å²) in [6.45, 7) is 4.18. The summed E-state index contributed by atoms with van der Waals surface area (Å²) in [5, 5.41) is 0. The summed E-state index contributed by atoms with van der Waals surface area (Å²) in [7, 11) is 3.25. The maximum Gasteiger partial charge on any atom is 0.151 e. The van der Waals surface area contributed by atoms with E-state index in [0.717, 1.165) is 31.4 Å². The van der Waals surface area contributed by atoms with E-state index in [4.69, 9.17) is 14.5 Å². The lowest BCUT2D eigenvalue weighted by molar-refractivity contribution is 0.388. The number of imidazole rings is 1. The van der Waals surface area contributed by atoms with E-state index >= 15 is 0 Å². The molecule has 0 amide bonds. The van der Waals surface area contributed by atoms with Gasteiger partial charge in [-0.05, 0) is 75.0 Å². The molecule has 1 aromatic heterocycles. The van der Waals surface area contributed by atoms with Crippen LogP contribution in [0, 0.1) is 13.8 Å². The van der Waals surface area contributed by atoms with Gasteiger partial charge < -0.3 is 14.5 Å². The van der Waals surface area contributed by atoms with Crippen molar-refractivity contribution in [1.29, 1.82) is 0 Å². The van der Waals surface area contributed by atoms with E-state index in [1.807, 2.05) is 6.07 Å². The average molecular weight is 440 g/mol. The molecular formula is C17H16Br2N2O2. The molecule has 0 aliphatic heterocycles. The number of aromatic amines is 1. The van der Waals surface area contributed by atoms with Gasteiger partial charge in [0, 0.05) is 0 Å². The van der Waals surface area contributed by atoms with Crippen LogP contribution in [0.3, 0.4) is 0 Å². The second-order valence-electron chi connectivity index (χ2n) is 5.33. The van der Waals surface area contributed by atoms with Crippen molar-refractivity contribution in [1.82, 2.24) is 9.97 Å². The summed E-state index contributed by atoms with van der Waals surface area (Å²) in [5.74, 6) is 2.12. The highest BCUT2D eigenvalue weighted by Crippen LogP contribution is 2.46. The molecule has 0 aliphatic carbocycles. The fourth-order valence-electron chi connectivity index (χ4n) is 2.54. The highest BCUT2D eigenvalue weighted by atomic mass is 79.9. The Morgan fingerprint density at radius 1 is 0.957 bits per heavy atom. The van der Waals surface area contributed by atoms with Gasteiger partial charge >= 0.3 is 0 Å². The number of benzene rings is 2. The number of ether oxygens (including phenoxy) is 2. The topological polar surface area (TPSA) is 47.1 Å². The zero-order valence-electron chi connectivity index (χ0n) is 13.3. The van der Waals surface area contributed by atoms with Crippen LogP contribution in [0.4, 0.5) is 0 Å². The largest absolute Gasteiger partial charge is 0.495 e. The minimum absolute atomic E-state index is 0.678. The predicted molar refractivity (Wildman–Crippen MR) is 99.5 cm³/mol. The Balaban J connectivity index is 2.26. The SMILES string of the molecule is COc1c(Br)cc(-c2nc3cc(C)c(C)cc3[nH]2)c(OC)c1Br. The van der Waals surface area contributed by atoms with Gasteiger partial charge in [0.2, 0.25) is 0 Å².